The number of H-pyrrole nitrogens is 1. The van der Waals surface area contributed by atoms with Crippen LogP contribution in [0.3, 0.4) is 0 Å². The maximum Gasteiger partial charge on any atom is 0.407 e. The molecule has 324 valence electrons. The molecule has 4 fully saturated rings. The van der Waals surface area contributed by atoms with E-state index in [0.717, 1.165) is 85.3 Å². The first-order chi connectivity index (χ1) is 29.4. The van der Waals surface area contributed by atoms with Crippen molar-refractivity contribution in [2.45, 2.75) is 115 Å². The van der Waals surface area contributed by atoms with Gasteiger partial charge in [-0.2, -0.15) is 0 Å². The second-order valence-corrected chi connectivity index (χ2v) is 18.7. The molecule has 14 heteroatoms. The van der Waals surface area contributed by atoms with Crippen LogP contribution in [0.15, 0.2) is 54.4 Å². The number of piperidine rings is 1. The van der Waals surface area contributed by atoms with Gasteiger partial charge in [0.2, 0.25) is 11.8 Å². The Kier molecular flexibility index (Phi) is 10.5. The number of carbonyl (C=O) groups excluding carboxylic acids is 4. The van der Waals surface area contributed by atoms with Gasteiger partial charge in [-0.25, -0.2) is 14.6 Å². The molecule has 4 heterocycles. The van der Waals surface area contributed by atoms with Crippen LogP contribution in [-0.2, 0) is 25.5 Å². The Balaban J connectivity index is 0.894. The lowest BCUT2D eigenvalue weighted by Crippen LogP contribution is -2.60. The lowest BCUT2D eigenvalue weighted by molar-refractivity contribution is -0.140. The SMILES string of the molecule is COC(=O)NC1CC1(C(=O)N1CCC[C@H]1c1ncc(-c2ccc(-c3ccc4c(c3)CCCCC3=C4NC([C@]45C[C@@H]4CCN5C(=O)[C@@H](NC(=O)OC)C(C)C)N3)cc2)[nH]1)C(C)C. The Hall–Kier alpha value is -5.53. The molecule has 9 rings (SSSR count). The average molecular weight is 833 g/mol. The molecule has 3 aliphatic carbocycles. The van der Waals surface area contributed by atoms with Gasteiger partial charge in [-0.15, -0.1) is 0 Å². The van der Waals surface area contributed by atoms with Gasteiger partial charge >= 0.3 is 12.2 Å². The van der Waals surface area contributed by atoms with E-state index in [1.165, 1.54) is 31.0 Å². The number of aromatic nitrogens is 2. The topological polar surface area (TPSA) is 170 Å². The number of aromatic amines is 1. The number of nitrogens with one attached hydrogen (secondary N) is 5. The number of benzene rings is 2. The third kappa shape index (κ3) is 6.99. The zero-order valence-corrected chi connectivity index (χ0v) is 36.2. The molecular weight excluding hydrogens is 773 g/mol. The van der Waals surface area contributed by atoms with E-state index in [9.17, 15) is 19.2 Å². The molecule has 3 aliphatic heterocycles. The minimum Gasteiger partial charge on any atom is -0.453 e. The van der Waals surface area contributed by atoms with Crippen LogP contribution in [0, 0.1) is 23.2 Å². The van der Waals surface area contributed by atoms with Crippen molar-refractivity contribution in [3.05, 3.63) is 71.3 Å². The number of fused-ring (bicyclic) bond motifs is 3. The third-order valence-corrected chi connectivity index (χ3v) is 14.8. The van der Waals surface area contributed by atoms with Crippen molar-refractivity contribution in [3.63, 3.8) is 0 Å². The van der Waals surface area contributed by atoms with Crippen LogP contribution in [0.1, 0.15) is 102 Å². The van der Waals surface area contributed by atoms with Gasteiger partial charge in [0, 0.05) is 30.4 Å². The first-order valence-electron chi connectivity index (χ1n) is 22.3. The van der Waals surface area contributed by atoms with Crippen molar-refractivity contribution in [1.29, 1.82) is 0 Å². The van der Waals surface area contributed by atoms with Gasteiger partial charge in [0.05, 0.1) is 48.8 Å². The van der Waals surface area contributed by atoms with Gasteiger partial charge in [-0.05, 0) is 97.8 Å². The number of hydrogen-bond donors (Lipinski definition) is 5. The highest BCUT2D eigenvalue weighted by atomic mass is 16.5. The maximum absolute atomic E-state index is 14.1. The van der Waals surface area contributed by atoms with E-state index in [0.29, 0.717) is 25.4 Å². The number of aryl methyl sites for hydroxylation is 1. The van der Waals surface area contributed by atoms with E-state index >= 15 is 0 Å². The monoisotopic (exact) mass is 832 g/mol. The number of allylic oxidation sites excluding steroid dienone is 1. The first kappa shape index (κ1) is 40.9. The summed E-state index contributed by atoms with van der Waals surface area (Å²) in [5, 5.41) is 13.4. The number of nitrogens with zero attached hydrogens (tertiary/aromatic N) is 3. The van der Waals surface area contributed by atoms with Gasteiger partial charge < -0.3 is 45.5 Å². The minimum atomic E-state index is -0.651. The van der Waals surface area contributed by atoms with E-state index in [-0.39, 0.29) is 47.4 Å². The quantitative estimate of drug-likeness (QED) is 0.154. The molecule has 0 spiro atoms. The molecule has 3 aromatic rings. The number of amides is 4. The number of imidazole rings is 1. The van der Waals surface area contributed by atoms with Crippen LogP contribution in [0.2, 0.25) is 0 Å². The third-order valence-electron chi connectivity index (χ3n) is 14.8. The summed E-state index contributed by atoms with van der Waals surface area (Å²) in [6, 6.07) is 14.3. The van der Waals surface area contributed by atoms with Gasteiger partial charge in [0.1, 0.15) is 18.0 Å². The van der Waals surface area contributed by atoms with E-state index in [1.807, 2.05) is 43.7 Å². The molecule has 3 unspecified atom stereocenters. The normalized spacial score (nSPS) is 27.9. The Morgan fingerprint density at radius 3 is 2.31 bits per heavy atom. The van der Waals surface area contributed by atoms with Gasteiger partial charge in [0.25, 0.3) is 0 Å². The van der Waals surface area contributed by atoms with Crippen LogP contribution in [0.25, 0.3) is 28.1 Å². The minimum absolute atomic E-state index is 0.0431. The predicted molar refractivity (Wildman–Crippen MR) is 230 cm³/mol. The Morgan fingerprint density at radius 2 is 1.59 bits per heavy atom. The highest BCUT2D eigenvalue weighted by Gasteiger charge is 2.69. The summed E-state index contributed by atoms with van der Waals surface area (Å²) in [4.78, 5) is 64.7. The van der Waals surface area contributed by atoms with Crippen molar-refractivity contribution in [2.75, 3.05) is 27.3 Å². The van der Waals surface area contributed by atoms with E-state index in [4.69, 9.17) is 14.5 Å². The van der Waals surface area contributed by atoms with Crippen molar-refractivity contribution in [1.82, 2.24) is 41.0 Å². The molecule has 5 N–H and O–H groups in total. The molecule has 4 amide bonds. The number of methoxy groups -OCH3 is 2. The summed E-state index contributed by atoms with van der Waals surface area (Å²) in [7, 11) is 2.67. The molecule has 0 radical (unpaired) electrons. The van der Waals surface area contributed by atoms with Gasteiger partial charge in [-0.3, -0.25) is 9.59 Å². The summed E-state index contributed by atoms with van der Waals surface area (Å²) in [6.45, 7) is 9.35. The highest BCUT2D eigenvalue weighted by molar-refractivity contribution is 5.89. The lowest BCUT2D eigenvalue weighted by Gasteiger charge is -2.37. The van der Waals surface area contributed by atoms with Crippen LogP contribution < -0.4 is 21.3 Å². The zero-order chi connectivity index (χ0) is 42.8. The van der Waals surface area contributed by atoms with Gasteiger partial charge in [0.15, 0.2) is 0 Å². The molecule has 2 saturated heterocycles. The summed E-state index contributed by atoms with van der Waals surface area (Å²) < 4.78 is 9.69. The predicted octanol–water partition coefficient (Wildman–Crippen LogP) is 6.46. The molecule has 61 heavy (non-hydrogen) atoms. The second-order valence-electron chi connectivity index (χ2n) is 18.7. The van der Waals surface area contributed by atoms with E-state index in [1.54, 1.807) is 0 Å². The van der Waals surface area contributed by atoms with E-state index < -0.39 is 23.6 Å². The maximum atomic E-state index is 14.1. The Labute approximate surface area is 358 Å². The summed E-state index contributed by atoms with van der Waals surface area (Å²) >= 11 is 0. The number of alkyl carbamates (subject to hydrolysis) is 2. The summed E-state index contributed by atoms with van der Waals surface area (Å²) in [5.74, 6) is 1.22. The molecule has 1 aromatic heterocycles. The summed E-state index contributed by atoms with van der Waals surface area (Å²) in [6.07, 6.45) is 8.99. The molecule has 6 aliphatic rings. The smallest absolute Gasteiger partial charge is 0.407 e. The average Bonchev–Trinajstić information content (AvgIpc) is 3.70. The van der Waals surface area contributed by atoms with Gasteiger partial charge in [-0.1, -0.05) is 70.2 Å². The van der Waals surface area contributed by atoms with Crippen molar-refractivity contribution in [3.8, 4) is 22.4 Å². The number of carbonyl (C=O) groups is 4. The fourth-order valence-corrected chi connectivity index (χ4v) is 11.1. The lowest BCUT2D eigenvalue weighted by atomic mass is 9.89. The fraction of sp³-hybridized carbons (Fsp3) is 0.553. The molecule has 0 bridgehead atoms. The molecule has 2 aromatic carbocycles. The fourth-order valence-electron chi connectivity index (χ4n) is 11.1. The largest absolute Gasteiger partial charge is 0.453 e. The molecule has 7 atom stereocenters. The number of hydrogen-bond acceptors (Lipinski definition) is 9. The Morgan fingerprint density at radius 1 is 0.852 bits per heavy atom. The summed E-state index contributed by atoms with van der Waals surface area (Å²) in [5.41, 5.74) is 8.12. The Bertz CT molecular complexity index is 2250. The molecule has 14 nitrogen and oxygen atoms in total. The van der Waals surface area contributed by atoms with Crippen LogP contribution in [0.5, 0.6) is 0 Å². The second kappa shape index (κ2) is 15.7. The zero-order valence-electron chi connectivity index (χ0n) is 36.2. The van der Waals surface area contributed by atoms with E-state index in [2.05, 4.69) is 68.7 Å². The van der Waals surface area contributed by atoms with Crippen molar-refractivity contribution < 1.29 is 28.7 Å². The number of rotatable bonds is 10. The standard InChI is InChI=1S/C47H60N8O6/c1-26(2)38(53-45(59)61-6)41(56)55-21-19-32-23-47(32,55)42-50-34-11-8-7-10-31-22-30(17-18-33(31)39(34)52-42)28-13-15-29(16-14-28)35-25-48-40(49-35)36-12-9-20-54(36)43(57)46(27(3)4)24-37(46)51-44(58)60-5/h13-18,22,25-27,32,36-38,42,50,52H,7-12,19-21,23-24H2,1-6H3,(H,48,49)(H,51,58)(H,53,59)/t32-,36-,37?,38-,42?,46?,47-/m0/s1. The molecule has 2 saturated carbocycles. The first-order valence-corrected chi connectivity index (χ1v) is 22.3. The highest BCUT2D eigenvalue weighted by Crippen LogP contribution is 2.59. The number of likely N-dealkylation sites (tertiary alicyclic amines) is 2. The van der Waals surface area contributed by atoms with Crippen molar-refractivity contribution >= 4 is 29.7 Å². The molecular formula is C47H60N8O6. The van der Waals surface area contributed by atoms with Crippen molar-refractivity contribution in [2.24, 2.45) is 23.2 Å². The van der Waals surface area contributed by atoms with Crippen LogP contribution >= 0.6 is 0 Å². The number of ether oxygens (including phenoxy) is 2. The van der Waals surface area contributed by atoms with Crippen LogP contribution in [-0.4, -0.2) is 94.9 Å². The van der Waals surface area contributed by atoms with Crippen LogP contribution in [0.4, 0.5) is 9.59 Å².